The van der Waals surface area contributed by atoms with Gasteiger partial charge in [0.2, 0.25) is 0 Å². The standard InChI is InChI=1S/C21H16N6O3S/c28-20(25-26-21(31)22-15-4-2-1-3-5-15)14-8-11-17-18(12-14)24-19(23-17)13-6-9-16(10-7-13)27(29)30/h1-12H,(H,23,24)(H,25,28)(H2,22,26,31). The van der Waals surface area contributed by atoms with Crippen LogP contribution < -0.4 is 16.2 Å². The minimum Gasteiger partial charge on any atom is -0.338 e. The molecule has 0 aliphatic carbocycles. The quantitative estimate of drug-likeness (QED) is 0.220. The number of amides is 1. The monoisotopic (exact) mass is 432 g/mol. The van der Waals surface area contributed by atoms with Crippen LogP contribution in [0.1, 0.15) is 10.4 Å². The highest BCUT2D eigenvalue weighted by molar-refractivity contribution is 7.80. The van der Waals surface area contributed by atoms with E-state index in [0.29, 0.717) is 28.0 Å². The summed E-state index contributed by atoms with van der Waals surface area (Å²) in [5.74, 6) is 0.180. The fourth-order valence-corrected chi connectivity index (χ4v) is 3.07. The lowest BCUT2D eigenvalue weighted by atomic mass is 10.2. The van der Waals surface area contributed by atoms with Crippen LogP contribution >= 0.6 is 12.2 Å². The van der Waals surface area contributed by atoms with Gasteiger partial charge >= 0.3 is 0 Å². The lowest BCUT2D eigenvalue weighted by Gasteiger charge is -2.11. The van der Waals surface area contributed by atoms with Gasteiger partial charge in [-0.1, -0.05) is 18.2 Å². The lowest BCUT2D eigenvalue weighted by Crippen LogP contribution is -2.43. The van der Waals surface area contributed by atoms with E-state index in [-0.39, 0.29) is 16.7 Å². The van der Waals surface area contributed by atoms with Gasteiger partial charge in [-0.25, -0.2) is 4.98 Å². The summed E-state index contributed by atoms with van der Waals surface area (Å²) in [7, 11) is 0. The summed E-state index contributed by atoms with van der Waals surface area (Å²) in [6.07, 6.45) is 0. The number of carbonyl (C=O) groups excluding carboxylic acids is 1. The number of rotatable bonds is 4. The molecule has 0 saturated carbocycles. The summed E-state index contributed by atoms with van der Waals surface area (Å²) in [5.41, 5.74) is 8.44. The van der Waals surface area contributed by atoms with Gasteiger partial charge in [-0.15, -0.1) is 0 Å². The van der Waals surface area contributed by atoms with E-state index < -0.39 is 4.92 Å². The van der Waals surface area contributed by atoms with E-state index in [2.05, 4.69) is 26.1 Å². The fourth-order valence-electron chi connectivity index (χ4n) is 2.90. The number of nitrogens with zero attached hydrogens (tertiary/aromatic N) is 2. The average Bonchev–Trinajstić information content (AvgIpc) is 3.21. The number of nitro groups is 1. The number of aromatic amines is 1. The number of nitrogens with one attached hydrogen (secondary N) is 4. The number of hydrazine groups is 1. The number of H-pyrrole nitrogens is 1. The first-order valence-corrected chi connectivity index (χ1v) is 9.57. The maximum atomic E-state index is 12.5. The Labute approximate surface area is 181 Å². The number of hydrogen-bond acceptors (Lipinski definition) is 5. The van der Waals surface area contributed by atoms with Crippen molar-refractivity contribution in [3.8, 4) is 11.4 Å². The molecule has 1 amide bonds. The van der Waals surface area contributed by atoms with Gasteiger partial charge in [0.15, 0.2) is 5.11 Å². The van der Waals surface area contributed by atoms with Crippen LogP contribution in [0.15, 0.2) is 72.8 Å². The van der Waals surface area contributed by atoms with Crippen LogP contribution in [0.5, 0.6) is 0 Å². The highest BCUT2D eigenvalue weighted by Gasteiger charge is 2.12. The normalized spacial score (nSPS) is 10.5. The molecule has 3 aromatic carbocycles. The lowest BCUT2D eigenvalue weighted by molar-refractivity contribution is -0.384. The zero-order valence-electron chi connectivity index (χ0n) is 16.0. The number of fused-ring (bicyclic) bond motifs is 1. The molecule has 31 heavy (non-hydrogen) atoms. The van der Waals surface area contributed by atoms with Crippen molar-refractivity contribution in [2.24, 2.45) is 0 Å². The number of thiocarbonyl (C=S) groups is 1. The van der Waals surface area contributed by atoms with E-state index in [1.807, 2.05) is 30.3 Å². The van der Waals surface area contributed by atoms with Crippen molar-refractivity contribution in [3.05, 3.63) is 88.5 Å². The van der Waals surface area contributed by atoms with Crippen molar-refractivity contribution in [2.45, 2.75) is 0 Å². The van der Waals surface area contributed by atoms with Crippen LogP contribution in [0.4, 0.5) is 11.4 Å². The highest BCUT2D eigenvalue weighted by Crippen LogP contribution is 2.23. The SMILES string of the molecule is O=C(NNC(=S)Nc1ccccc1)c1ccc2nc(-c3ccc([N+](=O)[O-])cc3)[nH]c2c1. The summed E-state index contributed by atoms with van der Waals surface area (Å²) in [6.45, 7) is 0. The third kappa shape index (κ3) is 4.65. The molecule has 0 aliphatic heterocycles. The van der Waals surface area contributed by atoms with E-state index in [0.717, 1.165) is 5.69 Å². The predicted molar refractivity (Wildman–Crippen MR) is 121 cm³/mol. The molecule has 0 unspecified atom stereocenters. The third-order valence-electron chi connectivity index (χ3n) is 4.42. The maximum absolute atomic E-state index is 12.5. The van der Waals surface area contributed by atoms with E-state index in [4.69, 9.17) is 12.2 Å². The van der Waals surface area contributed by atoms with Crippen LogP contribution in [-0.4, -0.2) is 25.9 Å². The van der Waals surface area contributed by atoms with Gasteiger partial charge in [-0.05, 0) is 54.7 Å². The fraction of sp³-hybridized carbons (Fsp3) is 0. The number of non-ortho nitro benzene ring substituents is 1. The minimum absolute atomic E-state index is 0.00554. The number of para-hydroxylation sites is 1. The summed E-state index contributed by atoms with van der Waals surface area (Å²) in [4.78, 5) is 30.4. The minimum atomic E-state index is -0.456. The Hall–Kier alpha value is -4.31. The van der Waals surface area contributed by atoms with Crippen LogP contribution in [0.2, 0.25) is 0 Å². The molecule has 0 radical (unpaired) electrons. The Kier molecular flexibility index (Phi) is 5.54. The third-order valence-corrected chi connectivity index (χ3v) is 4.62. The predicted octanol–water partition coefficient (Wildman–Crippen LogP) is 3.77. The molecule has 4 aromatic rings. The number of benzene rings is 3. The summed E-state index contributed by atoms with van der Waals surface area (Å²) in [5, 5.41) is 14.0. The van der Waals surface area contributed by atoms with Gasteiger partial charge in [0, 0.05) is 28.9 Å². The Morgan fingerprint density at radius 3 is 2.45 bits per heavy atom. The van der Waals surface area contributed by atoms with Crippen molar-refractivity contribution in [1.82, 2.24) is 20.8 Å². The number of nitro benzene ring substituents is 1. The molecule has 0 bridgehead atoms. The van der Waals surface area contributed by atoms with Crippen LogP contribution in [-0.2, 0) is 0 Å². The molecule has 4 N–H and O–H groups in total. The molecular formula is C21H16N6O3S. The molecule has 1 heterocycles. The van der Waals surface area contributed by atoms with E-state index >= 15 is 0 Å². The molecule has 10 heteroatoms. The highest BCUT2D eigenvalue weighted by atomic mass is 32.1. The molecule has 0 fully saturated rings. The van der Waals surface area contributed by atoms with Crippen LogP contribution in [0.3, 0.4) is 0 Å². The first-order valence-electron chi connectivity index (χ1n) is 9.16. The van der Waals surface area contributed by atoms with Crippen LogP contribution in [0.25, 0.3) is 22.4 Å². The van der Waals surface area contributed by atoms with Crippen molar-refractivity contribution in [1.29, 1.82) is 0 Å². The summed E-state index contributed by atoms with van der Waals surface area (Å²) >= 11 is 5.17. The van der Waals surface area contributed by atoms with Gasteiger partial charge in [-0.2, -0.15) is 0 Å². The zero-order chi connectivity index (χ0) is 21.8. The van der Waals surface area contributed by atoms with Crippen molar-refractivity contribution >= 4 is 45.6 Å². The Balaban J connectivity index is 1.44. The molecular weight excluding hydrogens is 416 g/mol. The largest absolute Gasteiger partial charge is 0.338 e. The molecule has 0 atom stereocenters. The second-order valence-electron chi connectivity index (χ2n) is 6.52. The van der Waals surface area contributed by atoms with E-state index in [1.165, 1.54) is 12.1 Å². The van der Waals surface area contributed by atoms with Gasteiger partial charge in [0.25, 0.3) is 11.6 Å². The maximum Gasteiger partial charge on any atom is 0.269 e. The van der Waals surface area contributed by atoms with Gasteiger partial charge in [0.1, 0.15) is 5.82 Å². The Morgan fingerprint density at radius 1 is 1.00 bits per heavy atom. The number of hydrogen-bond donors (Lipinski definition) is 4. The molecule has 9 nitrogen and oxygen atoms in total. The molecule has 0 aliphatic rings. The molecule has 154 valence electrons. The first kappa shape index (κ1) is 20.0. The first-order chi connectivity index (χ1) is 15.0. The zero-order valence-corrected chi connectivity index (χ0v) is 16.8. The van der Waals surface area contributed by atoms with E-state index in [9.17, 15) is 14.9 Å². The van der Waals surface area contributed by atoms with Gasteiger partial charge < -0.3 is 10.3 Å². The number of carbonyl (C=O) groups is 1. The van der Waals surface area contributed by atoms with Crippen LogP contribution in [0, 0.1) is 10.1 Å². The number of imidazole rings is 1. The van der Waals surface area contributed by atoms with E-state index in [1.54, 1.807) is 30.3 Å². The molecule has 1 aromatic heterocycles. The number of aromatic nitrogens is 2. The molecule has 0 spiro atoms. The van der Waals surface area contributed by atoms with Gasteiger partial charge in [-0.3, -0.25) is 25.8 Å². The smallest absolute Gasteiger partial charge is 0.269 e. The van der Waals surface area contributed by atoms with Gasteiger partial charge in [0.05, 0.1) is 16.0 Å². The topological polar surface area (TPSA) is 125 Å². The number of anilines is 1. The Morgan fingerprint density at radius 2 is 1.74 bits per heavy atom. The second-order valence-corrected chi connectivity index (χ2v) is 6.93. The Bertz CT molecular complexity index is 1270. The molecule has 0 saturated heterocycles. The van der Waals surface area contributed by atoms with Crippen molar-refractivity contribution in [3.63, 3.8) is 0 Å². The van der Waals surface area contributed by atoms with Crippen molar-refractivity contribution < 1.29 is 9.72 Å². The van der Waals surface area contributed by atoms with Crippen molar-refractivity contribution in [2.75, 3.05) is 5.32 Å². The second kappa shape index (κ2) is 8.59. The summed E-state index contributed by atoms with van der Waals surface area (Å²) < 4.78 is 0. The summed E-state index contributed by atoms with van der Waals surface area (Å²) in [6, 6.07) is 20.4. The average molecular weight is 432 g/mol. The molecule has 4 rings (SSSR count).